The summed E-state index contributed by atoms with van der Waals surface area (Å²) in [5.41, 5.74) is 1.49. The zero-order chi connectivity index (χ0) is 15.5. The zero-order valence-electron chi connectivity index (χ0n) is 11.7. The van der Waals surface area contributed by atoms with Gasteiger partial charge in [-0.2, -0.15) is 0 Å². The molecule has 22 heavy (non-hydrogen) atoms. The van der Waals surface area contributed by atoms with E-state index in [4.69, 9.17) is 4.84 Å². The first-order valence-corrected chi connectivity index (χ1v) is 6.89. The fraction of sp³-hybridized carbons (Fsp3) is 0.118. The van der Waals surface area contributed by atoms with Gasteiger partial charge in [-0.25, -0.2) is 4.79 Å². The van der Waals surface area contributed by atoms with Crippen LogP contribution in [0.4, 0.5) is 0 Å². The molecule has 5 heteroatoms. The number of amides is 2. The van der Waals surface area contributed by atoms with Crippen LogP contribution in [0.5, 0.6) is 0 Å². The van der Waals surface area contributed by atoms with Crippen LogP contribution in [0.25, 0.3) is 0 Å². The minimum atomic E-state index is -0.613. The number of imide groups is 1. The van der Waals surface area contributed by atoms with Crippen molar-refractivity contribution in [2.45, 2.75) is 12.8 Å². The van der Waals surface area contributed by atoms with Gasteiger partial charge in [-0.05, 0) is 24.1 Å². The van der Waals surface area contributed by atoms with Gasteiger partial charge >= 0.3 is 5.97 Å². The second-order valence-corrected chi connectivity index (χ2v) is 4.90. The topological polar surface area (TPSA) is 63.7 Å². The Kier molecular flexibility index (Phi) is 3.70. The second-order valence-electron chi connectivity index (χ2n) is 4.90. The number of benzene rings is 2. The van der Waals surface area contributed by atoms with Gasteiger partial charge in [0.05, 0.1) is 17.5 Å². The van der Waals surface area contributed by atoms with E-state index >= 15 is 0 Å². The van der Waals surface area contributed by atoms with Crippen molar-refractivity contribution in [3.8, 4) is 0 Å². The van der Waals surface area contributed by atoms with Crippen LogP contribution >= 0.6 is 0 Å². The van der Waals surface area contributed by atoms with Crippen LogP contribution in [-0.2, 0) is 16.1 Å². The molecule has 1 heterocycles. The number of carbonyl (C=O) groups is 3. The van der Waals surface area contributed by atoms with E-state index in [0.717, 1.165) is 5.56 Å². The summed E-state index contributed by atoms with van der Waals surface area (Å²) in [5, 5.41) is 0.540. The monoisotopic (exact) mass is 295 g/mol. The van der Waals surface area contributed by atoms with Gasteiger partial charge in [0.2, 0.25) is 0 Å². The maximum atomic E-state index is 12.0. The number of fused-ring (bicyclic) bond motifs is 1. The van der Waals surface area contributed by atoms with E-state index in [1.165, 1.54) is 12.1 Å². The lowest BCUT2D eigenvalue weighted by atomic mass is 10.1. The molecule has 1 aliphatic rings. The normalized spacial score (nSPS) is 13.2. The maximum absolute atomic E-state index is 12.0. The van der Waals surface area contributed by atoms with E-state index in [1.54, 1.807) is 12.1 Å². The van der Waals surface area contributed by atoms with Crippen molar-refractivity contribution >= 4 is 17.8 Å². The van der Waals surface area contributed by atoms with Gasteiger partial charge in [-0.3, -0.25) is 9.59 Å². The minimum Gasteiger partial charge on any atom is -0.330 e. The Morgan fingerprint density at radius 3 is 2.00 bits per heavy atom. The van der Waals surface area contributed by atoms with Crippen LogP contribution in [-0.4, -0.2) is 22.8 Å². The molecule has 0 aliphatic carbocycles. The predicted molar refractivity (Wildman–Crippen MR) is 77.8 cm³/mol. The van der Waals surface area contributed by atoms with Gasteiger partial charge in [-0.15, -0.1) is 0 Å². The SMILES string of the molecule is O=C(CCc1ccccc1)ON1C(=O)c2ccccc2C1=O. The van der Waals surface area contributed by atoms with Gasteiger partial charge < -0.3 is 4.84 Å². The molecule has 0 unspecified atom stereocenters. The molecule has 5 nitrogen and oxygen atoms in total. The number of carbonyl (C=O) groups excluding carboxylic acids is 3. The van der Waals surface area contributed by atoms with E-state index in [0.29, 0.717) is 11.5 Å². The quantitative estimate of drug-likeness (QED) is 0.812. The van der Waals surface area contributed by atoms with Crippen molar-refractivity contribution in [1.82, 2.24) is 5.06 Å². The molecule has 0 spiro atoms. The minimum absolute atomic E-state index is 0.0947. The average Bonchev–Trinajstić information content (AvgIpc) is 2.79. The molecule has 110 valence electrons. The molecule has 0 aromatic heterocycles. The second kappa shape index (κ2) is 5.81. The number of rotatable bonds is 4. The highest BCUT2D eigenvalue weighted by Gasteiger charge is 2.38. The summed E-state index contributed by atoms with van der Waals surface area (Å²) >= 11 is 0. The Balaban J connectivity index is 1.63. The largest absolute Gasteiger partial charge is 0.333 e. The van der Waals surface area contributed by atoms with Crippen LogP contribution in [0.15, 0.2) is 54.6 Å². The smallest absolute Gasteiger partial charge is 0.330 e. The van der Waals surface area contributed by atoms with Crippen LogP contribution in [0.2, 0.25) is 0 Å². The number of nitrogens with zero attached hydrogens (tertiary/aromatic N) is 1. The highest BCUT2D eigenvalue weighted by molar-refractivity contribution is 6.20. The summed E-state index contributed by atoms with van der Waals surface area (Å²) in [6, 6.07) is 15.8. The molecular formula is C17H13NO4. The Morgan fingerprint density at radius 2 is 1.41 bits per heavy atom. The summed E-state index contributed by atoms with van der Waals surface area (Å²) in [5.74, 6) is -1.82. The average molecular weight is 295 g/mol. The molecule has 2 aromatic rings. The van der Waals surface area contributed by atoms with E-state index < -0.39 is 17.8 Å². The van der Waals surface area contributed by atoms with E-state index in [2.05, 4.69) is 0 Å². The molecule has 0 N–H and O–H groups in total. The molecule has 0 radical (unpaired) electrons. The van der Waals surface area contributed by atoms with Gasteiger partial charge in [-0.1, -0.05) is 47.5 Å². The summed E-state index contributed by atoms with van der Waals surface area (Å²) in [6.45, 7) is 0. The van der Waals surface area contributed by atoms with Crippen molar-refractivity contribution in [1.29, 1.82) is 0 Å². The van der Waals surface area contributed by atoms with E-state index in [1.807, 2.05) is 30.3 Å². The fourth-order valence-electron chi connectivity index (χ4n) is 2.29. The predicted octanol–water partition coefficient (Wildman–Crippen LogP) is 2.37. The molecule has 3 rings (SSSR count). The first-order valence-electron chi connectivity index (χ1n) is 6.89. The highest BCUT2D eigenvalue weighted by Crippen LogP contribution is 2.22. The lowest BCUT2D eigenvalue weighted by molar-refractivity contribution is -0.168. The lowest BCUT2D eigenvalue weighted by Crippen LogP contribution is -2.32. The standard InChI is InChI=1S/C17H13NO4/c19-15(11-10-12-6-2-1-3-7-12)22-18-16(20)13-8-4-5-9-14(13)17(18)21/h1-9H,10-11H2. The molecule has 0 fully saturated rings. The number of hydroxylamine groups is 2. The van der Waals surface area contributed by atoms with Gasteiger partial charge in [0, 0.05) is 0 Å². The number of hydrogen-bond acceptors (Lipinski definition) is 4. The number of aryl methyl sites for hydroxylation is 1. The third kappa shape index (κ3) is 2.61. The Bertz CT molecular complexity index is 704. The molecule has 2 aromatic carbocycles. The Morgan fingerprint density at radius 1 is 0.864 bits per heavy atom. The van der Waals surface area contributed by atoms with E-state index in [-0.39, 0.29) is 17.5 Å². The lowest BCUT2D eigenvalue weighted by Gasteiger charge is -2.12. The molecule has 0 atom stereocenters. The highest BCUT2D eigenvalue weighted by atomic mass is 16.7. The number of hydrogen-bond donors (Lipinski definition) is 0. The third-order valence-electron chi connectivity index (χ3n) is 3.41. The molecule has 2 amide bonds. The molecule has 1 aliphatic heterocycles. The van der Waals surface area contributed by atoms with Crippen LogP contribution < -0.4 is 0 Å². The van der Waals surface area contributed by atoms with E-state index in [9.17, 15) is 14.4 Å². The van der Waals surface area contributed by atoms with Gasteiger partial charge in [0.15, 0.2) is 0 Å². The van der Waals surface area contributed by atoms with Crippen molar-refractivity contribution in [3.63, 3.8) is 0 Å². The van der Waals surface area contributed by atoms with Crippen LogP contribution in [0.3, 0.4) is 0 Å². The summed E-state index contributed by atoms with van der Waals surface area (Å²) in [4.78, 5) is 40.9. The first kappa shape index (κ1) is 14.0. The maximum Gasteiger partial charge on any atom is 0.333 e. The molecule has 0 saturated carbocycles. The van der Waals surface area contributed by atoms with Crippen molar-refractivity contribution < 1.29 is 19.2 Å². The summed E-state index contributed by atoms with van der Waals surface area (Å²) in [6.07, 6.45) is 0.584. The first-order chi connectivity index (χ1) is 10.7. The Labute approximate surface area is 127 Å². The van der Waals surface area contributed by atoms with Crippen molar-refractivity contribution in [2.75, 3.05) is 0 Å². The summed E-state index contributed by atoms with van der Waals surface area (Å²) < 4.78 is 0. The van der Waals surface area contributed by atoms with Gasteiger partial charge in [0.1, 0.15) is 0 Å². The molecular weight excluding hydrogens is 282 g/mol. The zero-order valence-corrected chi connectivity index (χ0v) is 11.7. The fourth-order valence-corrected chi connectivity index (χ4v) is 2.29. The summed E-state index contributed by atoms with van der Waals surface area (Å²) in [7, 11) is 0. The molecule has 0 saturated heterocycles. The van der Waals surface area contributed by atoms with Crippen LogP contribution in [0.1, 0.15) is 32.7 Å². The van der Waals surface area contributed by atoms with Crippen molar-refractivity contribution in [2.24, 2.45) is 0 Å². The Hall–Kier alpha value is -2.95. The van der Waals surface area contributed by atoms with Crippen molar-refractivity contribution in [3.05, 3.63) is 71.3 Å². The molecule has 0 bridgehead atoms. The van der Waals surface area contributed by atoms with Crippen LogP contribution in [0, 0.1) is 0 Å². The van der Waals surface area contributed by atoms with Gasteiger partial charge in [0.25, 0.3) is 11.8 Å². The third-order valence-corrected chi connectivity index (χ3v) is 3.41.